The molecule has 0 bridgehead atoms. The molecule has 1 aromatic rings. The molecule has 1 saturated carbocycles. The minimum Gasteiger partial charge on any atom is -0.271 e. The summed E-state index contributed by atoms with van der Waals surface area (Å²) in [6.45, 7) is 0. The number of hydrogen-bond acceptors (Lipinski definition) is 2. The third-order valence-corrected chi connectivity index (χ3v) is 3.54. The van der Waals surface area contributed by atoms with Crippen LogP contribution in [0.2, 0.25) is 0 Å². The van der Waals surface area contributed by atoms with Crippen molar-refractivity contribution in [1.29, 1.82) is 0 Å². The van der Waals surface area contributed by atoms with E-state index in [9.17, 15) is 8.78 Å². The summed E-state index contributed by atoms with van der Waals surface area (Å²) in [5.41, 5.74) is 3.32. The Hall–Kier alpha value is -1.00. The van der Waals surface area contributed by atoms with Gasteiger partial charge in [0.2, 0.25) is 0 Å². The molecule has 2 nitrogen and oxygen atoms in total. The van der Waals surface area contributed by atoms with E-state index < -0.39 is 11.6 Å². The maximum atomic E-state index is 13.2. The lowest BCUT2D eigenvalue weighted by molar-refractivity contribution is 0.272. The maximum absolute atomic E-state index is 13.2. The summed E-state index contributed by atoms with van der Waals surface area (Å²) in [5.74, 6) is 4.82. The molecule has 0 saturated heterocycles. The van der Waals surface area contributed by atoms with Crippen molar-refractivity contribution in [2.75, 3.05) is 0 Å². The number of benzene rings is 1. The van der Waals surface area contributed by atoms with Gasteiger partial charge in [-0.15, -0.1) is 0 Å². The van der Waals surface area contributed by atoms with Gasteiger partial charge in [-0.2, -0.15) is 0 Å². The molecular weight excluding hydrogens is 222 g/mol. The third kappa shape index (κ3) is 3.01. The zero-order valence-corrected chi connectivity index (χ0v) is 9.76. The molecule has 0 radical (unpaired) electrons. The second-order valence-corrected chi connectivity index (χ2v) is 4.75. The summed E-state index contributed by atoms with van der Waals surface area (Å²) in [7, 11) is 0. The molecule has 1 atom stereocenters. The molecule has 4 heteroatoms. The van der Waals surface area contributed by atoms with E-state index in [4.69, 9.17) is 5.84 Å². The number of rotatable bonds is 3. The lowest BCUT2D eigenvalue weighted by Crippen LogP contribution is -2.34. The van der Waals surface area contributed by atoms with E-state index in [-0.39, 0.29) is 6.04 Å². The second-order valence-electron chi connectivity index (χ2n) is 4.75. The number of nitrogens with one attached hydrogen (secondary N) is 1. The smallest absolute Gasteiger partial charge is 0.126 e. The van der Waals surface area contributed by atoms with E-state index in [1.165, 1.54) is 31.4 Å². The van der Waals surface area contributed by atoms with Gasteiger partial charge in [-0.1, -0.05) is 19.3 Å². The van der Waals surface area contributed by atoms with Crippen molar-refractivity contribution in [2.45, 2.75) is 38.1 Å². The highest BCUT2D eigenvalue weighted by Crippen LogP contribution is 2.34. The van der Waals surface area contributed by atoms with Gasteiger partial charge in [-0.25, -0.2) is 8.78 Å². The highest BCUT2D eigenvalue weighted by molar-refractivity contribution is 5.22. The predicted molar refractivity (Wildman–Crippen MR) is 63.0 cm³/mol. The summed E-state index contributed by atoms with van der Waals surface area (Å²) in [4.78, 5) is 0. The fourth-order valence-electron chi connectivity index (χ4n) is 2.73. The van der Waals surface area contributed by atoms with Crippen molar-refractivity contribution in [3.63, 3.8) is 0 Å². The summed E-state index contributed by atoms with van der Waals surface area (Å²) in [6, 6.07) is 3.46. The van der Waals surface area contributed by atoms with E-state index in [1.54, 1.807) is 0 Å². The van der Waals surface area contributed by atoms with Crippen molar-refractivity contribution in [3.8, 4) is 0 Å². The van der Waals surface area contributed by atoms with Gasteiger partial charge in [-0.3, -0.25) is 11.3 Å². The fourth-order valence-corrected chi connectivity index (χ4v) is 2.73. The van der Waals surface area contributed by atoms with Crippen LogP contribution in [0.15, 0.2) is 18.2 Å². The SMILES string of the molecule is NNC(c1cc(F)cc(F)c1)C1CCCCC1. The Morgan fingerprint density at radius 3 is 2.18 bits per heavy atom. The Balaban J connectivity index is 2.21. The standard InChI is InChI=1S/C13H18F2N2/c14-11-6-10(7-12(15)8-11)13(17-16)9-4-2-1-3-5-9/h6-9,13,17H,1-5,16H2. The van der Waals surface area contributed by atoms with Gasteiger partial charge < -0.3 is 0 Å². The summed E-state index contributed by atoms with van der Waals surface area (Å²) < 4.78 is 26.4. The molecule has 1 aliphatic rings. The van der Waals surface area contributed by atoms with Gasteiger partial charge in [0, 0.05) is 12.1 Å². The second kappa shape index (κ2) is 5.56. The van der Waals surface area contributed by atoms with Crippen LogP contribution in [-0.4, -0.2) is 0 Å². The van der Waals surface area contributed by atoms with Crippen LogP contribution < -0.4 is 11.3 Å². The maximum Gasteiger partial charge on any atom is 0.126 e. The topological polar surface area (TPSA) is 38.0 Å². The minimum atomic E-state index is -0.545. The molecule has 1 fully saturated rings. The highest BCUT2D eigenvalue weighted by atomic mass is 19.1. The molecule has 1 unspecified atom stereocenters. The molecular formula is C13H18F2N2. The number of nitrogens with two attached hydrogens (primary N) is 1. The molecule has 0 aromatic heterocycles. The molecule has 1 aromatic carbocycles. The first-order valence-corrected chi connectivity index (χ1v) is 6.13. The molecule has 17 heavy (non-hydrogen) atoms. The van der Waals surface area contributed by atoms with Crippen molar-refractivity contribution >= 4 is 0 Å². The Morgan fingerprint density at radius 2 is 1.65 bits per heavy atom. The van der Waals surface area contributed by atoms with E-state index in [2.05, 4.69) is 5.43 Å². The quantitative estimate of drug-likeness (QED) is 0.629. The first-order valence-electron chi connectivity index (χ1n) is 6.13. The highest BCUT2D eigenvalue weighted by Gasteiger charge is 2.24. The van der Waals surface area contributed by atoms with E-state index >= 15 is 0 Å². The number of hydrazine groups is 1. The third-order valence-electron chi connectivity index (χ3n) is 3.54. The predicted octanol–water partition coefficient (Wildman–Crippen LogP) is 3.05. The normalized spacial score (nSPS) is 19.2. The van der Waals surface area contributed by atoms with Crippen LogP contribution in [0.4, 0.5) is 8.78 Å². The molecule has 1 aliphatic carbocycles. The van der Waals surface area contributed by atoms with E-state index in [0.717, 1.165) is 18.9 Å². The first kappa shape index (κ1) is 12.5. The zero-order chi connectivity index (χ0) is 12.3. The van der Waals surface area contributed by atoms with Gasteiger partial charge in [0.15, 0.2) is 0 Å². The van der Waals surface area contributed by atoms with Crippen molar-refractivity contribution in [3.05, 3.63) is 35.4 Å². The van der Waals surface area contributed by atoms with Gasteiger partial charge >= 0.3 is 0 Å². The Labute approximate surface area is 100 Å². The average Bonchev–Trinajstić information content (AvgIpc) is 2.30. The van der Waals surface area contributed by atoms with Crippen LogP contribution in [0, 0.1) is 17.6 Å². The van der Waals surface area contributed by atoms with Crippen LogP contribution in [-0.2, 0) is 0 Å². The van der Waals surface area contributed by atoms with E-state index in [1.807, 2.05) is 0 Å². The van der Waals surface area contributed by atoms with Crippen LogP contribution >= 0.6 is 0 Å². The number of halogens is 2. The summed E-state index contributed by atoms with van der Waals surface area (Å²) in [6.07, 6.45) is 5.70. The van der Waals surface area contributed by atoms with Gasteiger partial charge in [0.05, 0.1) is 0 Å². The molecule has 2 rings (SSSR count). The molecule has 3 N–H and O–H groups in total. The van der Waals surface area contributed by atoms with Crippen molar-refractivity contribution < 1.29 is 8.78 Å². The molecule has 0 aliphatic heterocycles. The first-order chi connectivity index (χ1) is 8.20. The Morgan fingerprint density at radius 1 is 1.06 bits per heavy atom. The zero-order valence-electron chi connectivity index (χ0n) is 9.76. The minimum absolute atomic E-state index is 0.152. The van der Waals surface area contributed by atoms with E-state index in [0.29, 0.717) is 11.5 Å². The van der Waals surface area contributed by atoms with Crippen LogP contribution in [0.3, 0.4) is 0 Å². The fraction of sp³-hybridized carbons (Fsp3) is 0.538. The van der Waals surface area contributed by atoms with Gasteiger partial charge in [0.25, 0.3) is 0 Å². The molecule has 94 valence electrons. The lowest BCUT2D eigenvalue weighted by Gasteiger charge is -2.30. The molecule has 0 spiro atoms. The largest absolute Gasteiger partial charge is 0.271 e. The summed E-state index contributed by atoms with van der Waals surface area (Å²) >= 11 is 0. The lowest BCUT2D eigenvalue weighted by atomic mass is 9.81. The van der Waals surface area contributed by atoms with Gasteiger partial charge in [-0.05, 0) is 36.5 Å². The monoisotopic (exact) mass is 240 g/mol. The van der Waals surface area contributed by atoms with Crippen LogP contribution in [0.1, 0.15) is 43.7 Å². The molecule has 0 heterocycles. The number of hydrogen-bond donors (Lipinski definition) is 2. The van der Waals surface area contributed by atoms with Crippen molar-refractivity contribution in [2.24, 2.45) is 11.8 Å². The summed E-state index contributed by atoms with van der Waals surface area (Å²) in [5, 5.41) is 0. The van der Waals surface area contributed by atoms with Crippen LogP contribution in [0.5, 0.6) is 0 Å². The van der Waals surface area contributed by atoms with Crippen LogP contribution in [0.25, 0.3) is 0 Å². The molecule has 0 amide bonds. The van der Waals surface area contributed by atoms with Gasteiger partial charge in [0.1, 0.15) is 11.6 Å². The van der Waals surface area contributed by atoms with Crippen molar-refractivity contribution in [1.82, 2.24) is 5.43 Å². The Bertz CT molecular complexity index is 355. The average molecular weight is 240 g/mol. The Kier molecular flexibility index (Phi) is 4.07.